The maximum Gasteiger partial charge on any atom is 0.243 e. The standard InChI is InChI=1S/C23H37N3O5/c1-17(16-30-3)25-23(28)21(26-22(27)20-7-4-5-12-24-20)15-18-8-10-19(11-9-18)31-14-6-13-29-2/h8-11,17,20-21,24H,4-7,12-16H2,1-3H3,(H,25,28)(H,26,27)/t17-,20?,21?/m0/s1. The van der Waals surface area contributed by atoms with E-state index in [2.05, 4.69) is 16.0 Å². The number of methoxy groups -OCH3 is 2. The highest BCUT2D eigenvalue weighted by molar-refractivity contribution is 5.90. The van der Waals surface area contributed by atoms with Crippen molar-refractivity contribution >= 4 is 11.8 Å². The van der Waals surface area contributed by atoms with Crippen molar-refractivity contribution in [1.82, 2.24) is 16.0 Å². The molecule has 174 valence electrons. The van der Waals surface area contributed by atoms with E-state index in [1.807, 2.05) is 31.2 Å². The van der Waals surface area contributed by atoms with Crippen LogP contribution in [-0.4, -0.2) is 70.5 Å². The third-order valence-corrected chi connectivity index (χ3v) is 5.19. The summed E-state index contributed by atoms with van der Waals surface area (Å²) in [6.07, 6.45) is 4.09. The average molecular weight is 436 g/mol. The van der Waals surface area contributed by atoms with Gasteiger partial charge in [-0.2, -0.15) is 0 Å². The number of amides is 2. The average Bonchev–Trinajstić information content (AvgIpc) is 2.78. The van der Waals surface area contributed by atoms with E-state index in [1.54, 1.807) is 14.2 Å². The van der Waals surface area contributed by atoms with Gasteiger partial charge in [0.15, 0.2) is 0 Å². The number of ether oxygens (including phenoxy) is 3. The molecular formula is C23H37N3O5. The highest BCUT2D eigenvalue weighted by atomic mass is 16.5. The maximum absolute atomic E-state index is 12.9. The molecule has 1 fully saturated rings. The number of hydrogen-bond acceptors (Lipinski definition) is 6. The van der Waals surface area contributed by atoms with Crippen molar-refractivity contribution in [3.63, 3.8) is 0 Å². The molecule has 1 aliphatic rings. The molecule has 3 N–H and O–H groups in total. The van der Waals surface area contributed by atoms with Crippen LogP contribution in [0.15, 0.2) is 24.3 Å². The summed E-state index contributed by atoms with van der Waals surface area (Å²) >= 11 is 0. The largest absolute Gasteiger partial charge is 0.494 e. The minimum Gasteiger partial charge on any atom is -0.494 e. The summed E-state index contributed by atoms with van der Waals surface area (Å²) in [5.41, 5.74) is 0.945. The molecule has 1 heterocycles. The van der Waals surface area contributed by atoms with Crippen LogP contribution >= 0.6 is 0 Å². The Morgan fingerprint density at radius 2 is 1.87 bits per heavy atom. The third kappa shape index (κ3) is 9.25. The van der Waals surface area contributed by atoms with Crippen molar-refractivity contribution in [2.75, 3.05) is 40.6 Å². The zero-order valence-corrected chi connectivity index (χ0v) is 18.9. The van der Waals surface area contributed by atoms with Crippen LogP contribution < -0.4 is 20.7 Å². The number of benzene rings is 1. The lowest BCUT2D eigenvalue weighted by Crippen LogP contribution is -2.55. The second kappa shape index (κ2) is 14.0. The molecule has 1 aliphatic heterocycles. The summed E-state index contributed by atoms with van der Waals surface area (Å²) in [6, 6.07) is 6.56. The van der Waals surface area contributed by atoms with Gasteiger partial charge in [0.05, 0.1) is 19.3 Å². The van der Waals surface area contributed by atoms with Crippen LogP contribution in [0.25, 0.3) is 0 Å². The Morgan fingerprint density at radius 3 is 2.52 bits per heavy atom. The molecule has 0 aliphatic carbocycles. The van der Waals surface area contributed by atoms with E-state index in [1.165, 1.54) is 0 Å². The van der Waals surface area contributed by atoms with E-state index in [9.17, 15) is 9.59 Å². The predicted octanol–water partition coefficient (Wildman–Crippen LogP) is 1.42. The first kappa shape index (κ1) is 25.1. The normalized spacial score (nSPS) is 18.1. The van der Waals surface area contributed by atoms with E-state index in [0.29, 0.717) is 26.2 Å². The van der Waals surface area contributed by atoms with Gasteiger partial charge in [0, 0.05) is 39.7 Å². The second-order valence-electron chi connectivity index (χ2n) is 7.97. The Kier molecular flexibility index (Phi) is 11.3. The molecule has 1 aromatic carbocycles. The van der Waals surface area contributed by atoms with E-state index >= 15 is 0 Å². The highest BCUT2D eigenvalue weighted by Crippen LogP contribution is 2.15. The number of nitrogens with one attached hydrogen (secondary N) is 3. The lowest BCUT2D eigenvalue weighted by molar-refractivity contribution is -0.130. The molecule has 3 atom stereocenters. The monoisotopic (exact) mass is 435 g/mol. The fourth-order valence-corrected chi connectivity index (χ4v) is 3.54. The van der Waals surface area contributed by atoms with E-state index in [-0.39, 0.29) is 23.9 Å². The Bertz CT molecular complexity index is 662. The number of carbonyl (C=O) groups excluding carboxylic acids is 2. The number of rotatable bonds is 13. The predicted molar refractivity (Wildman–Crippen MR) is 119 cm³/mol. The third-order valence-electron chi connectivity index (χ3n) is 5.19. The minimum absolute atomic E-state index is 0.127. The summed E-state index contributed by atoms with van der Waals surface area (Å²) in [6.45, 7) is 4.35. The quantitative estimate of drug-likeness (QED) is 0.406. The lowest BCUT2D eigenvalue weighted by Gasteiger charge is -2.26. The molecule has 0 radical (unpaired) electrons. The van der Waals surface area contributed by atoms with E-state index < -0.39 is 6.04 Å². The van der Waals surface area contributed by atoms with Gasteiger partial charge in [-0.3, -0.25) is 9.59 Å². The van der Waals surface area contributed by atoms with Gasteiger partial charge in [-0.25, -0.2) is 0 Å². The molecule has 2 rings (SSSR count). The zero-order valence-electron chi connectivity index (χ0n) is 18.9. The van der Waals surface area contributed by atoms with Crippen LogP contribution in [0.3, 0.4) is 0 Å². The minimum atomic E-state index is -0.663. The van der Waals surface area contributed by atoms with Crippen LogP contribution in [0.5, 0.6) is 5.75 Å². The van der Waals surface area contributed by atoms with Crippen molar-refractivity contribution in [1.29, 1.82) is 0 Å². The molecule has 8 nitrogen and oxygen atoms in total. The first-order valence-electron chi connectivity index (χ1n) is 11.1. The molecule has 0 saturated carbocycles. The SMILES string of the molecule is COCCCOc1ccc(CC(NC(=O)C2CCCCN2)C(=O)N[C@@H](C)COC)cc1. The van der Waals surface area contributed by atoms with Crippen molar-refractivity contribution in [2.24, 2.45) is 0 Å². The van der Waals surface area contributed by atoms with Crippen LogP contribution in [-0.2, 0) is 25.5 Å². The molecule has 8 heteroatoms. The van der Waals surface area contributed by atoms with E-state index in [4.69, 9.17) is 14.2 Å². The Hall–Kier alpha value is -2.16. The van der Waals surface area contributed by atoms with Gasteiger partial charge in [0.2, 0.25) is 11.8 Å². The summed E-state index contributed by atoms with van der Waals surface area (Å²) in [5.74, 6) is 0.427. The van der Waals surface area contributed by atoms with Gasteiger partial charge in [-0.1, -0.05) is 18.6 Å². The number of piperidine rings is 1. The van der Waals surface area contributed by atoms with E-state index in [0.717, 1.165) is 43.5 Å². The molecule has 31 heavy (non-hydrogen) atoms. The van der Waals surface area contributed by atoms with Gasteiger partial charge < -0.3 is 30.2 Å². The summed E-state index contributed by atoms with van der Waals surface area (Å²) in [7, 11) is 3.26. The second-order valence-corrected chi connectivity index (χ2v) is 7.97. The van der Waals surface area contributed by atoms with Gasteiger partial charge in [-0.15, -0.1) is 0 Å². The Balaban J connectivity index is 1.99. The van der Waals surface area contributed by atoms with Crippen LogP contribution in [0.4, 0.5) is 0 Å². The summed E-state index contributed by atoms with van der Waals surface area (Å²) in [5, 5.41) is 9.11. The van der Waals surface area contributed by atoms with Crippen molar-refractivity contribution < 1.29 is 23.8 Å². The van der Waals surface area contributed by atoms with Gasteiger partial charge >= 0.3 is 0 Å². The first-order chi connectivity index (χ1) is 15.0. The molecule has 1 saturated heterocycles. The van der Waals surface area contributed by atoms with Crippen molar-refractivity contribution in [2.45, 2.75) is 57.2 Å². The van der Waals surface area contributed by atoms with Crippen LogP contribution in [0.2, 0.25) is 0 Å². The molecule has 2 unspecified atom stereocenters. The number of carbonyl (C=O) groups is 2. The van der Waals surface area contributed by atoms with Gasteiger partial charge in [-0.05, 0) is 44.0 Å². The zero-order chi connectivity index (χ0) is 22.5. The fraction of sp³-hybridized carbons (Fsp3) is 0.652. The molecule has 2 amide bonds. The van der Waals surface area contributed by atoms with Crippen molar-refractivity contribution in [3.05, 3.63) is 29.8 Å². The number of hydrogen-bond donors (Lipinski definition) is 3. The topological polar surface area (TPSA) is 97.9 Å². The first-order valence-corrected chi connectivity index (χ1v) is 11.1. The summed E-state index contributed by atoms with van der Waals surface area (Å²) < 4.78 is 15.8. The fourth-order valence-electron chi connectivity index (χ4n) is 3.54. The van der Waals surface area contributed by atoms with Crippen LogP contribution in [0, 0.1) is 0 Å². The molecular weight excluding hydrogens is 398 g/mol. The Morgan fingerprint density at radius 1 is 1.10 bits per heavy atom. The van der Waals surface area contributed by atoms with Crippen molar-refractivity contribution in [3.8, 4) is 5.75 Å². The summed E-state index contributed by atoms with van der Waals surface area (Å²) in [4.78, 5) is 25.6. The molecule has 0 aromatic heterocycles. The maximum atomic E-state index is 12.9. The molecule has 0 bridgehead atoms. The lowest BCUT2D eigenvalue weighted by atomic mass is 10.0. The van der Waals surface area contributed by atoms with Gasteiger partial charge in [0.1, 0.15) is 11.8 Å². The highest BCUT2D eigenvalue weighted by Gasteiger charge is 2.27. The smallest absolute Gasteiger partial charge is 0.243 e. The Labute approximate surface area is 185 Å². The molecule has 0 spiro atoms. The van der Waals surface area contributed by atoms with Crippen LogP contribution in [0.1, 0.15) is 38.2 Å². The molecule has 1 aromatic rings. The van der Waals surface area contributed by atoms with Gasteiger partial charge in [0.25, 0.3) is 0 Å².